The zero-order valence-corrected chi connectivity index (χ0v) is 12.8. The Morgan fingerprint density at radius 2 is 1.95 bits per heavy atom. The van der Waals surface area contributed by atoms with Gasteiger partial charge in [-0.25, -0.2) is 0 Å². The molecule has 0 unspecified atom stereocenters. The van der Waals surface area contributed by atoms with Gasteiger partial charge in [-0.3, -0.25) is 4.79 Å². The largest absolute Gasteiger partial charge is 0.433 e. The molecule has 0 aromatic heterocycles. The topological polar surface area (TPSA) is 38.3 Å². The first kappa shape index (κ1) is 15.7. The van der Waals surface area contributed by atoms with Crippen LogP contribution in [-0.2, 0) is 0 Å². The summed E-state index contributed by atoms with van der Waals surface area (Å²) in [6, 6.07) is 10.7. The van der Waals surface area contributed by atoms with E-state index in [-0.39, 0.29) is 22.0 Å². The van der Waals surface area contributed by atoms with Gasteiger partial charge in [-0.2, -0.15) is 8.78 Å². The summed E-state index contributed by atoms with van der Waals surface area (Å²) >= 11 is 9.18. The van der Waals surface area contributed by atoms with Crippen LogP contribution < -0.4 is 10.1 Å². The van der Waals surface area contributed by atoms with Gasteiger partial charge in [0.1, 0.15) is 5.75 Å². The summed E-state index contributed by atoms with van der Waals surface area (Å²) in [6.45, 7) is -2.97. The minimum absolute atomic E-state index is 0.119. The Balaban J connectivity index is 2.25. The van der Waals surface area contributed by atoms with Gasteiger partial charge >= 0.3 is 6.61 Å². The van der Waals surface area contributed by atoms with Gasteiger partial charge in [-0.15, -0.1) is 0 Å². The van der Waals surface area contributed by atoms with Gasteiger partial charge in [0.25, 0.3) is 5.91 Å². The molecule has 2 rings (SSSR count). The van der Waals surface area contributed by atoms with Gasteiger partial charge in [0.15, 0.2) is 0 Å². The molecule has 2 aromatic rings. The minimum atomic E-state index is -2.97. The van der Waals surface area contributed by atoms with Crippen LogP contribution >= 0.6 is 27.5 Å². The number of hydrogen-bond donors (Lipinski definition) is 1. The van der Waals surface area contributed by atoms with Crippen LogP contribution in [0.5, 0.6) is 5.75 Å². The molecule has 3 nitrogen and oxygen atoms in total. The van der Waals surface area contributed by atoms with E-state index >= 15 is 0 Å². The first-order valence-electron chi connectivity index (χ1n) is 5.77. The molecule has 0 bridgehead atoms. The number of rotatable bonds is 4. The van der Waals surface area contributed by atoms with Crippen molar-refractivity contribution in [2.45, 2.75) is 6.61 Å². The van der Waals surface area contributed by atoms with Gasteiger partial charge in [-0.05, 0) is 30.3 Å². The Kier molecular flexibility index (Phi) is 5.14. The van der Waals surface area contributed by atoms with Crippen molar-refractivity contribution in [3.8, 4) is 5.75 Å². The number of alkyl halides is 2. The van der Waals surface area contributed by atoms with E-state index in [1.54, 1.807) is 18.2 Å². The molecule has 7 heteroatoms. The molecule has 0 spiro atoms. The van der Waals surface area contributed by atoms with Crippen molar-refractivity contribution in [2.75, 3.05) is 5.32 Å². The van der Waals surface area contributed by atoms with Crippen molar-refractivity contribution in [1.29, 1.82) is 0 Å². The molecule has 1 N–H and O–H groups in total. The molecule has 0 fully saturated rings. The number of ether oxygens (including phenoxy) is 1. The third-order valence-electron chi connectivity index (χ3n) is 2.52. The number of benzene rings is 2. The van der Waals surface area contributed by atoms with Gasteiger partial charge in [-0.1, -0.05) is 39.7 Å². The zero-order chi connectivity index (χ0) is 15.4. The number of nitrogens with one attached hydrogen (secondary N) is 1. The van der Waals surface area contributed by atoms with Crippen LogP contribution in [0.25, 0.3) is 0 Å². The molecular weight excluding hydrogens is 368 g/mol. The lowest BCUT2D eigenvalue weighted by atomic mass is 10.2. The van der Waals surface area contributed by atoms with E-state index in [1.807, 2.05) is 0 Å². The quantitative estimate of drug-likeness (QED) is 0.819. The summed E-state index contributed by atoms with van der Waals surface area (Å²) in [4.78, 5) is 12.2. The standard InChI is InChI=1S/C14H9BrClF2NO2/c15-8-5-6-10(16)9(7-8)13(20)19-11-3-1-2-4-12(11)21-14(17)18/h1-7,14H,(H,19,20). The fourth-order valence-corrected chi connectivity index (χ4v) is 2.19. The average Bonchev–Trinajstić information content (AvgIpc) is 2.43. The van der Waals surface area contributed by atoms with Crippen molar-refractivity contribution >= 4 is 39.1 Å². The maximum atomic E-state index is 12.3. The SMILES string of the molecule is O=C(Nc1ccccc1OC(F)F)c1cc(Br)ccc1Cl. The second-order valence-corrected chi connectivity index (χ2v) is 5.28. The predicted molar refractivity (Wildman–Crippen MR) is 80.2 cm³/mol. The number of anilines is 1. The maximum Gasteiger partial charge on any atom is 0.387 e. The number of carbonyl (C=O) groups excluding carboxylic acids is 1. The number of para-hydroxylation sites is 2. The molecule has 0 saturated carbocycles. The van der Waals surface area contributed by atoms with Crippen molar-refractivity contribution in [2.24, 2.45) is 0 Å². The van der Waals surface area contributed by atoms with E-state index in [2.05, 4.69) is 26.0 Å². The Hall–Kier alpha value is -1.66. The minimum Gasteiger partial charge on any atom is -0.433 e. The molecule has 1 amide bonds. The Morgan fingerprint density at radius 3 is 2.67 bits per heavy atom. The van der Waals surface area contributed by atoms with Crippen LogP contribution in [0.3, 0.4) is 0 Å². The average molecular weight is 377 g/mol. The number of halogens is 4. The Bertz CT molecular complexity index is 667. The zero-order valence-electron chi connectivity index (χ0n) is 10.4. The summed E-state index contributed by atoms with van der Waals surface area (Å²) in [5.41, 5.74) is 0.358. The van der Waals surface area contributed by atoms with Gasteiger partial charge in [0.2, 0.25) is 0 Å². The highest BCUT2D eigenvalue weighted by molar-refractivity contribution is 9.10. The monoisotopic (exact) mass is 375 g/mol. The maximum absolute atomic E-state index is 12.3. The first-order chi connectivity index (χ1) is 9.97. The van der Waals surface area contributed by atoms with Crippen LogP contribution in [-0.4, -0.2) is 12.5 Å². The number of carbonyl (C=O) groups is 1. The van der Waals surface area contributed by atoms with E-state index in [9.17, 15) is 13.6 Å². The lowest BCUT2D eigenvalue weighted by Gasteiger charge is -2.12. The lowest BCUT2D eigenvalue weighted by molar-refractivity contribution is -0.0493. The van der Waals surface area contributed by atoms with Crippen molar-refractivity contribution < 1.29 is 18.3 Å². The van der Waals surface area contributed by atoms with E-state index in [4.69, 9.17) is 11.6 Å². The molecule has 0 saturated heterocycles. The first-order valence-corrected chi connectivity index (χ1v) is 6.94. The third-order valence-corrected chi connectivity index (χ3v) is 3.35. The van der Waals surface area contributed by atoms with E-state index < -0.39 is 12.5 Å². The third kappa shape index (κ3) is 4.15. The highest BCUT2D eigenvalue weighted by Crippen LogP contribution is 2.27. The summed E-state index contributed by atoms with van der Waals surface area (Å²) in [5, 5.41) is 2.75. The lowest BCUT2D eigenvalue weighted by Crippen LogP contribution is -2.14. The van der Waals surface area contributed by atoms with Crippen molar-refractivity contribution in [3.63, 3.8) is 0 Å². The van der Waals surface area contributed by atoms with Crippen LogP contribution in [0, 0.1) is 0 Å². The van der Waals surface area contributed by atoms with Gasteiger partial charge in [0, 0.05) is 4.47 Å². The summed E-state index contributed by atoms with van der Waals surface area (Å²) in [5.74, 6) is -0.640. The smallest absolute Gasteiger partial charge is 0.387 e. The Morgan fingerprint density at radius 1 is 1.24 bits per heavy atom. The predicted octanol–water partition coefficient (Wildman–Crippen LogP) is 4.96. The highest BCUT2D eigenvalue weighted by Gasteiger charge is 2.15. The van der Waals surface area contributed by atoms with E-state index in [1.165, 1.54) is 24.3 Å². The second kappa shape index (κ2) is 6.87. The highest BCUT2D eigenvalue weighted by atomic mass is 79.9. The molecule has 0 heterocycles. The van der Waals surface area contributed by atoms with Crippen molar-refractivity contribution in [1.82, 2.24) is 0 Å². The van der Waals surface area contributed by atoms with E-state index in [0.29, 0.717) is 4.47 Å². The van der Waals surface area contributed by atoms with Gasteiger partial charge in [0.05, 0.1) is 16.3 Å². The molecular formula is C14H9BrClF2NO2. The van der Waals surface area contributed by atoms with Gasteiger partial charge < -0.3 is 10.1 Å². The summed E-state index contributed by atoms with van der Waals surface area (Å²) in [7, 11) is 0. The molecule has 0 aliphatic rings. The molecule has 0 atom stereocenters. The summed E-state index contributed by atoms with van der Waals surface area (Å²) < 4.78 is 29.7. The Labute approximate surface area is 133 Å². The van der Waals surface area contributed by atoms with Crippen LogP contribution in [0.1, 0.15) is 10.4 Å². The van der Waals surface area contributed by atoms with E-state index in [0.717, 1.165) is 0 Å². The van der Waals surface area contributed by atoms with Crippen LogP contribution in [0.15, 0.2) is 46.9 Å². The fraction of sp³-hybridized carbons (Fsp3) is 0.0714. The fourth-order valence-electron chi connectivity index (χ4n) is 1.63. The molecule has 110 valence electrons. The normalized spacial score (nSPS) is 10.5. The number of amides is 1. The molecule has 21 heavy (non-hydrogen) atoms. The molecule has 0 radical (unpaired) electrons. The second-order valence-electron chi connectivity index (χ2n) is 3.95. The number of hydrogen-bond acceptors (Lipinski definition) is 2. The molecule has 0 aliphatic heterocycles. The molecule has 0 aliphatic carbocycles. The molecule has 2 aromatic carbocycles. The van der Waals surface area contributed by atoms with Crippen LogP contribution in [0.4, 0.5) is 14.5 Å². The van der Waals surface area contributed by atoms with Crippen LogP contribution in [0.2, 0.25) is 5.02 Å². The summed E-state index contributed by atoms with van der Waals surface area (Å²) in [6.07, 6.45) is 0. The van der Waals surface area contributed by atoms with Crippen molar-refractivity contribution in [3.05, 3.63) is 57.5 Å².